The summed E-state index contributed by atoms with van der Waals surface area (Å²) >= 11 is 0. The SMILES string of the molecule is CC(C)(C)OC(=O)NCCCC(=O)N1CCN(CCc2ccccc2)CC1. The lowest BCUT2D eigenvalue weighted by Gasteiger charge is -2.34. The topological polar surface area (TPSA) is 61.9 Å². The number of nitrogens with zero attached hydrogens (tertiary/aromatic N) is 2. The molecule has 0 unspecified atom stereocenters. The van der Waals surface area contributed by atoms with Gasteiger partial charge in [0, 0.05) is 45.7 Å². The van der Waals surface area contributed by atoms with Crippen LogP contribution in [0.2, 0.25) is 0 Å². The summed E-state index contributed by atoms with van der Waals surface area (Å²) in [6, 6.07) is 10.5. The standard InChI is InChI=1S/C21H33N3O3/c1-21(2,3)27-20(26)22-12-7-10-19(25)24-16-14-23(15-17-24)13-11-18-8-5-4-6-9-18/h4-6,8-9H,7,10-17H2,1-3H3,(H,22,26). The van der Waals surface area contributed by atoms with E-state index in [4.69, 9.17) is 4.74 Å². The molecule has 150 valence electrons. The molecule has 1 aromatic carbocycles. The summed E-state index contributed by atoms with van der Waals surface area (Å²) < 4.78 is 5.18. The molecule has 0 bridgehead atoms. The second-order valence-corrected chi connectivity index (χ2v) is 7.99. The number of hydrogen-bond donors (Lipinski definition) is 1. The predicted octanol–water partition coefficient (Wildman–Crippen LogP) is 2.68. The number of alkyl carbamates (subject to hydrolysis) is 1. The fourth-order valence-electron chi connectivity index (χ4n) is 3.06. The van der Waals surface area contributed by atoms with E-state index in [0.717, 1.165) is 39.1 Å². The van der Waals surface area contributed by atoms with Gasteiger partial charge in [0.1, 0.15) is 5.60 Å². The van der Waals surface area contributed by atoms with Crippen LogP contribution in [0.25, 0.3) is 0 Å². The van der Waals surface area contributed by atoms with Gasteiger partial charge in [-0.25, -0.2) is 4.79 Å². The Hall–Kier alpha value is -2.08. The Bertz CT molecular complexity index is 590. The van der Waals surface area contributed by atoms with E-state index < -0.39 is 11.7 Å². The largest absolute Gasteiger partial charge is 0.444 e. The van der Waals surface area contributed by atoms with E-state index in [1.807, 2.05) is 31.7 Å². The van der Waals surface area contributed by atoms with Crippen molar-refractivity contribution in [2.24, 2.45) is 0 Å². The molecule has 1 aliphatic heterocycles. The van der Waals surface area contributed by atoms with Crippen LogP contribution in [0.3, 0.4) is 0 Å². The van der Waals surface area contributed by atoms with Gasteiger partial charge >= 0.3 is 6.09 Å². The molecule has 0 atom stereocenters. The zero-order valence-electron chi connectivity index (χ0n) is 16.9. The number of nitrogens with one attached hydrogen (secondary N) is 1. The fourth-order valence-corrected chi connectivity index (χ4v) is 3.06. The molecule has 2 amide bonds. The molecule has 0 saturated carbocycles. The Morgan fingerprint density at radius 2 is 1.74 bits per heavy atom. The fraction of sp³-hybridized carbons (Fsp3) is 0.619. The smallest absolute Gasteiger partial charge is 0.407 e. The molecule has 0 aliphatic carbocycles. The maximum absolute atomic E-state index is 12.3. The van der Waals surface area contributed by atoms with Crippen LogP contribution < -0.4 is 5.32 Å². The first-order valence-corrected chi connectivity index (χ1v) is 9.84. The lowest BCUT2D eigenvalue weighted by molar-refractivity contribution is -0.133. The third kappa shape index (κ3) is 8.43. The molecular weight excluding hydrogens is 342 g/mol. The first kappa shape index (κ1) is 21.2. The minimum absolute atomic E-state index is 0.170. The Balaban J connectivity index is 1.57. The zero-order valence-corrected chi connectivity index (χ0v) is 16.9. The highest BCUT2D eigenvalue weighted by molar-refractivity contribution is 5.76. The molecule has 1 fully saturated rings. The van der Waals surface area contributed by atoms with Crippen molar-refractivity contribution in [2.75, 3.05) is 39.3 Å². The van der Waals surface area contributed by atoms with E-state index in [1.165, 1.54) is 5.56 Å². The van der Waals surface area contributed by atoms with Gasteiger partial charge < -0.3 is 15.0 Å². The number of benzene rings is 1. The normalized spacial score (nSPS) is 15.4. The highest BCUT2D eigenvalue weighted by Crippen LogP contribution is 2.08. The summed E-state index contributed by atoms with van der Waals surface area (Å²) in [7, 11) is 0. The number of rotatable bonds is 7. The van der Waals surface area contributed by atoms with E-state index in [0.29, 0.717) is 19.4 Å². The van der Waals surface area contributed by atoms with E-state index in [2.05, 4.69) is 34.5 Å². The average molecular weight is 376 g/mol. The van der Waals surface area contributed by atoms with Crippen molar-refractivity contribution in [3.8, 4) is 0 Å². The quantitative estimate of drug-likeness (QED) is 0.745. The monoisotopic (exact) mass is 375 g/mol. The van der Waals surface area contributed by atoms with Gasteiger partial charge in [-0.1, -0.05) is 30.3 Å². The second-order valence-electron chi connectivity index (χ2n) is 7.99. The van der Waals surface area contributed by atoms with Crippen LogP contribution in [-0.2, 0) is 16.0 Å². The number of ether oxygens (including phenoxy) is 1. The second kappa shape index (κ2) is 10.3. The molecule has 1 N–H and O–H groups in total. The summed E-state index contributed by atoms with van der Waals surface area (Å²) in [5.74, 6) is 0.170. The molecule has 6 nitrogen and oxygen atoms in total. The van der Waals surface area contributed by atoms with Gasteiger partial charge in [0.25, 0.3) is 0 Å². The van der Waals surface area contributed by atoms with Gasteiger partial charge in [0.15, 0.2) is 0 Å². The van der Waals surface area contributed by atoms with Crippen molar-refractivity contribution >= 4 is 12.0 Å². The molecule has 6 heteroatoms. The van der Waals surface area contributed by atoms with Crippen LogP contribution in [-0.4, -0.2) is 66.7 Å². The Morgan fingerprint density at radius 3 is 2.37 bits per heavy atom. The van der Waals surface area contributed by atoms with E-state index >= 15 is 0 Å². The molecule has 1 aliphatic rings. The van der Waals surface area contributed by atoms with E-state index in [9.17, 15) is 9.59 Å². The minimum Gasteiger partial charge on any atom is -0.444 e. The van der Waals surface area contributed by atoms with Crippen molar-refractivity contribution in [1.82, 2.24) is 15.1 Å². The van der Waals surface area contributed by atoms with Crippen molar-refractivity contribution in [3.63, 3.8) is 0 Å². The third-order valence-corrected chi connectivity index (χ3v) is 4.52. The number of amides is 2. The van der Waals surface area contributed by atoms with Gasteiger partial charge in [-0.3, -0.25) is 9.69 Å². The molecule has 0 radical (unpaired) electrons. The minimum atomic E-state index is -0.500. The first-order valence-electron chi connectivity index (χ1n) is 9.84. The van der Waals surface area contributed by atoms with Crippen LogP contribution in [0.4, 0.5) is 4.79 Å². The van der Waals surface area contributed by atoms with Crippen molar-refractivity contribution in [2.45, 2.75) is 45.6 Å². The van der Waals surface area contributed by atoms with Gasteiger partial charge in [-0.05, 0) is 39.2 Å². The molecule has 1 aromatic rings. The van der Waals surface area contributed by atoms with Crippen molar-refractivity contribution in [1.29, 1.82) is 0 Å². The molecule has 2 rings (SSSR count). The molecule has 1 heterocycles. The van der Waals surface area contributed by atoms with Gasteiger partial charge in [-0.2, -0.15) is 0 Å². The van der Waals surface area contributed by atoms with Gasteiger partial charge in [-0.15, -0.1) is 0 Å². The lowest BCUT2D eigenvalue weighted by atomic mass is 10.1. The van der Waals surface area contributed by atoms with E-state index in [1.54, 1.807) is 0 Å². The highest BCUT2D eigenvalue weighted by Gasteiger charge is 2.21. The molecule has 0 spiro atoms. The van der Waals surface area contributed by atoms with Crippen LogP contribution in [0.15, 0.2) is 30.3 Å². The maximum Gasteiger partial charge on any atom is 0.407 e. The summed E-state index contributed by atoms with van der Waals surface area (Å²) in [6.45, 7) is 10.4. The van der Waals surface area contributed by atoms with Crippen LogP contribution in [0.1, 0.15) is 39.2 Å². The predicted molar refractivity (Wildman–Crippen MR) is 107 cm³/mol. The first-order chi connectivity index (χ1) is 12.8. The summed E-state index contributed by atoms with van der Waals surface area (Å²) in [5.41, 5.74) is 0.855. The Kier molecular flexibility index (Phi) is 8.10. The third-order valence-electron chi connectivity index (χ3n) is 4.52. The maximum atomic E-state index is 12.3. The highest BCUT2D eigenvalue weighted by atomic mass is 16.6. The van der Waals surface area contributed by atoms with E-state index in [-0.39, 0.29) is 5.91 Å². The summed E-state index contributed by atoms with van der Waals surface area (Å²) in [4.78, 5) is 28.2. The van der Waals surface area contributed by atoms with Crippen molar-refractivity contribution in [3.05, 3.63) is 35.9 Å². The number of carbonyl (C=O) groups is 2. The molecule has 1 saturated heterocycles. The summed E-state index contributed by atoms with van der Waals surface area (Å²) in [6.07, 6.45) is 1.71. The number of carbonyl (C=O) groups excluding carboxylic acids is 2. The van der Waals surface area contributed by atoms with Crippen LogP contribution in [0, 0.1) is 0 Å². The molecular formula is C21H33N3O3. The van der Waals surface area contributed by atoms with Crippen LogP contribution >= 0.6 is 0 Å². The van der Waals surface area contributed by atoms with Crippen molar-refractivity contribution < 1.29 is 14.3 Å². The summed E-state index contributed by atoms with van der Waals surface area (Å²) in [5, 5.41) is 2.70. The average Bonchev–Trinajstić information content (AvgIpc) is 2.63. The molecule has 0 aromatic heterocycles. The molecule has 27 heavy (non-hydrogen) atoms. The Morgan fingerprint density at radius 1 is 1.07 bits per heavy atom. The van der Waals surface area contributed by atoms with Gasteiger partial charge in [0.05, 0.1) is 0 Å². The van der Waals surface area contributed by atoms with Crippen LogP contribution in [0.5, 0.6) is 0 Å². The number of hydrogen-bond acceptors (Lipinski definition) is 4. The number of piperazine rings is 1. The lowest BCUT2D eigenvalue weighted by Crippen LogP contribution is -2.49. The zero-order chi connectivity index (χ0) is 19.7. The van der Waals surface area contributed by atoms with Gasteiger partial charge in [0.2, 0.25) is 5.91 Å². The Labute approximate surface area is 162 Å².